The van der Waals surface area contributed by atoms with Crippen LogP contribution >= 0.6 is 0 Å². The monoisotopic (exact) mass is 385 g/mol. The van der Waals surface area contributed by atoms with E-state index in [1.54, 1.807) is 18.5 Å². The molecule has 0 radical (unpaired) electrons. The molecule has 4 aromatic rings. The van der Waals surface area contributed by atoms with Gasteiger partial charge in [0.25, 0.3) is 0 Å². The van der Waals surface area contributed by atoms with Crippen LogP contribution in [0.1, 0.15) is 11.4 Å². The third kappa shape index (κ3) is 5.09. The number of ether oxygens (including phenoxy) is 1. The van der Waals surface area contributed by atoms with E-state index in [1.165, 1.54) is 29.8 Å². The van der Waals surface area contributed by atoms with Crippen LogP contribution in [0.3, 0.4) is 0 Å². The number of aryl methyl sites for hydroxylation is 2. The van der Waals surface area contributed by atoms with Crippen LogP contribution in [0.25, 0.3) is 16.9 Å². The summed E-state index contributed by atoms with van der Waals surface area (Å²) in [6.45, 7) is 3.92. The highest BCUT2D eigenvalue weighted by atomic mass is 19.4. The van der Waals surface area contributed by atoms with Crippen LogP contribution in [0.4, 0.5) is 13.2 Å². The van der Waals surface area contributed by atoms with Gasteiger partial charge in [-0.3, -0.25) is 4.40 Å². The largest absolute Gasteiger partial charge is 0.573 e. The van der Waals surface area contributed by atoms with Crippen molar-refractivity contribution in [3.63, 3.8) is 0 Å². The summed E-state index contributed by atoms with van der Waals surface area (Å²) in [6.07, 6.45) is -1.24. The smallest absolute Gasteiger partial charge is 0.406 e. The van der Waals surface area contributed by atoms with Gasteiger partial charge in [0.1, 0.15) is 17.2 Å². The van der Waals surface area contributed by atoms with Crippen molar-refractivity contribution in [2.75, 3.05) is 0 Å². The molecule has 0 aliphatic heterocycles. The van der Waals surface area contributed by atoms with E-state index in [0.717, 1.165) is 11.5 Å². The second kappa shape index (κ2) is 8.12. The Kier molecular flexibility index (Phi) is 5.63. The number of nitrogens with zero attached hydrogens (tertiary/aromatic N) is 3. The summed E-state index contributed by atoms with van der Waals surface area (Å²) < 4.78 is 42.0. The fraction of sp³-hybridized carbons (Fsp3) is 0.143. The predicted molar refractivity (Wildman–Crippen MR) is 101 cm³/mol. The van der Waals surface area contributed by atoms with Crippen LogP contribution in [0.2, 0.25) is 0 Å². The van der Waals surface area contributed by atoms with Gasteiger partial charge >= 0.3 is 6.36 Å². The Morgan fingerprint density at radius 1 is 0.929 bits per heavy atom. The molecule has 0 amide bonds. The molecule has 4 nitrogen and oxygen atoms in total. The second-order valence-corrected chi connectivity index (χ2v) is 6.07. The molecule has 4 rings (SSSR count). The molecule has 2 heterocycles. The fourth-order valence-corrected chi connectivity index (χ4v) is 2.59. The minimum absolute atomic E-state index is 0.259. The molecule has 2 aromatic carbocycles. The van der Waals surface area contributed by atoms with Gasteiger partial charge in [-0.25, -0.2) is 9.97 Å². The van der Waals surface area contributed by atoms with Gasteiger partial charge in [-0.15, -0.1) is 13.2 Å². The van der Waals surface area contributed by atoms with E-state index in [9.17, 15) is 13.2 Å². The predicted octanol–water partition coefficient (Wildman–Crippen LogP) is 5.60. The number of imidazole rings is 1. The first-order valence-corrected chi connectivity index (χ1v) is 8.50. The Labute approximate surface area is 160 Å². The Balaban J connectivity index is 0.000000271. The molecule has 0 fully saturated rings. The molecule has 0 atom stereocenters. The minimum Gasteiger partial charge on any atom is -0.406 e. The van der Waals surface area contributed by atoms with E-state index in [4.69, 9.17) is 0 Å². The van der Waals surface area contributed by atoms with Gasteiger partial charge in [-0.05, 0) is 38.1 Å². The van der Waals surface area contributed by atoms with E-state index in [-0.39, 0.29) is 5.75 Å². The van der Waals surface area contributed by atoms with E-state index in [0.29, 0.717) is 11.3 Å². The zero-order valence-corrected chi connectivity index (χ0v) is 15.3. The van der Waals surface area contributed by atoms with Crippen LogP contribution < -0.4 is 4.74 Å². The van der Waals surface area contributed by atoms with Gasteiger partial charge in [-0.1, -0.05) is 35.9 Å². The van der Waals surface area contributed by atoms with E-state index < -0.39 is 6.36 Å². The summed E-state index contributed by atoms with van der Waals surface area (Å²) in [6, 6.07) is 17.6. The van der Waals surface area contributed by atoms with Crippen LogP contribution in [-0.4, -0.2) is 20.7 Å². The third-order valence-corrected chi connectivity index (χ3v) is 3.89. The maximum atomic E-state index is 12.1. The van der Waals surface area contributed by atoms with Gasteiger partial charge in [0, 0.05) is 24.0 Å². The Bertz CT molecular complexity index is 1040. The van der Waals surface area contributed by atoms with Crippen molar-refractivity contribution in [2.45, 2.75) is 20.2 Å². The number of hydrogen-bond acceptors (Lipinski definition) is 3. The summed E-state index contributed by atoms with van der Waals surface area (Å²) in [5.41, 5.74) is 3.39. The Morgan fingerprint density at radius 3 is 2.18 bits per heavy atom. The van der Waals surface area contributed by atoms with Gasteiger partial charge in [0.2, 0.25) is 0 Å². The Morgan fingerprint density at radius 2 is 1.61 bits per heavy atom. The zero-order chi connectivity index (χ0) is 20.1. The molecule has 0 bridgehead atoms. The highest BCUT2D eigenvalue weighted by Crippen LogP contribution is 2.26. The molecule has 0 aliphatic carbocycles. The number of alkyl halides is 3. The average Bonchev–Trinajstić information content (AvgIpc) is 3.11. The number of aromatic nitrogens is 3. The van der Waals surface area contributed by atoms with Crippen molar-refractivity contribution in [1.82, 2.24) is 14.4 Å². The summed E-state index contributed by atoms with van der Waals surface area (Å²) in [4.78, 5) is 8.59. The molecule has 0 aliphatic rings. The molecular formula is C21H18F3N3O. The lowest BCUT2D eigenvalue weighted by molar-refractivity contribution is -0.274. The number of rotatable bonds is 2. The summed E-state index contributed by atoms with van der Waals surface area (Å²) >= 11 is 0. The number of hydrogen-bond donors (Lipinski definition) is 0. The first kappa shape index (κ1) is 19.4. The molecule has 2 aromatic heterocycles. The van der Waals surface area contributed by atoms with E-state index in [2.05, 4.69) is 33.8 Å². The Hall–Kier alpha value is -3.35. The zero-order valence-electron chi connectivity index (χ0n) is 15.3. The van der Waals surface area contributed by atoms with Crippen molar-refractivity contribution in [2.24, 2.45) is 0 Å². The molecule has 28 heavy (non-hydrogen) atoms. The van der Waals surface area contributed by atoms with Crippen LogP contribution in [0.15, 0.2) is 73.1 Å². The lowest BCUT2D eigenvalue weighted by atomic mass is 10.1. The van der Waals surface area contributed by atoms with Crippen molar-refractivity contribution >= 4 is 5.65 Å². The SMILES string of the molecule is Cc1ccccc1.Cc1nc(-c2ccc(OC(F)(F)F)cc2)cc2nccn12. The molecule has 0 N–H and O–H groups in total. The molecule has 0 saturated carbocycles. The third-order valence-electron chi connectivity index (χ3n) is 3.89. The number of benzene rings is 2. The normalized spacial score (nSPS) is 11.0. The number of halogens is 3. The average molecular weight is 385 g/mol. The van der Waals surface area contributed by atoms with Crippen molar-refractivity contribution in [1.29, 1.82) is 0 Å². The van der Waals surface area contributed by atoms with Crippen LogP contribution in [-0.2, 0) is 0 Å². The van der Waals surface area contributed by atoms with Crippen molar-refractivity contribution in [3.8, 4) is 17.0 Å². The summed E-state index contributed by atoms with van der Waals surface area (Å²) in [5.74, 6) is 0.487. The highest BCUT2D eigenvalue weighted by Gasteiger charge is 2.30. The maximum absolute atomic E-state index is 12.1. The molecule has 144 valence electrons. The summed E-state index contributed by atoms with van der Waals surface area (Å²) in [7, 11) is 0. The molecule has 0 unspecified atom stereocenters. The van der Waals surface area contributed by atoms with Gasteiger partial charge in [0.05, 0.1) is 5.69 Å². The van der Waals surface area contributed by atoms with Gasteiger partial charge in [0.15, 0.2) is 0 Å². The number of fused-ring (bicyclic) bond motifs is 1. The molecule has 0 saturated heterocycles. The fourth-order valence-electron chi connectivity index (χ4n) is 2.59. The maximum Gasteiger partial charge on any atom is 0.573 e. The first-order valence-electron chi connectivity index (χ1n) is 8.50. The van der Waals surface area contributed by atoms with E-state index >= 15 is 0 Å². The first-order chi connectivity index (χ1) is 13.3. The van der Waals surface area contributed by atoms with Crippen LogP contribution in [0, 0.1) is 13.8 Å². The summed E-state index contributed by atoms with van der Waals surface area (Å²) in [5, 5.41) is 0. The lowest BCUT2D eigenvalue weighted by Crippen LogP contribution is -2.16. The highest BCUT2D eigenvalue weighted by molar-refractivity contribution is 5.64. The lowest BCUT2D eigenvalue weighted by Gasteiger charge is -2.09. The van der Waals surface area contributed by atoms with Gasteiger partial charge < -0.3 is 4.74 Å². The van der Waals surface area contributed by atoms with Crippen molar-refractivity contribution in [3.05, 3.63) is 84.4 Å². The second-order valence-electron chi connectivity index (χ2n) is 6.07. The van der Waals surface area contributed by atoms with Crippen LogP contribution in [0.5, 0.6) is 5.75 Å². The molecule has 0 spiro atoms. The van der Waals surface area contributed by atoms with Crippen molar-refractivity contribution < 1.29 is 17.9 Å². The quantitative estimate of drug-likeness (QED) is 0.451. The topological polar surface area (TPSA) is 39.4 Å². The van der Waals surface area contributed by atoms with E-state index in [1.807, 2.05) is 29.5 Å². The molecular weight excluding hydrogens is 367 g/mol. The standard InChI is InChI=1S/C14H10F3N3O.C7H8/c1-9-19-12(8-13-18-6-7-20(9)13)10-2-4-11(5-3-10)21-14(15,16)17;1-7-5-3-2-4-6-7/h2-8H,1H3;2-6H,1H3. The molecule has 7 heteroatoms. The minimum atomic E-state index is -4.69. The van der Waals surface area contributed by atoms with Gasteiger partial charge in [-0.2, -0.15) is 0 Å².